The van der Waals surface area contributed by atoms with Crippen LogP contribution in [0.4, 0.5) is 23.0 Å². The monoisotopic (exact) mass is 315 g/mol. The van der Waals surface area contributed by atoms with Gasteiger partial charge >= 0.3 is 0 Å². The maximum Gasteiger partial charge on any atom is 0.221 e. The van der Waals surface area contributed by atoms with E-state index in [-0.39, 0.29) is 5.91 Å². The van der Waals surface area contributed by atoms with Crippen LogP contribution in [-0.4, -0.2) is 36.1 Å². The number of hydrogen-bond acceptors (Lipinski definition) is 6. The average molecular weight is 315 g/mol. The Kier molecular flexibility index (Phi) is 6.31. The van der Waals surface area contributed by atoms with Gasteiger partial charge in [-0.3, -0.25) is 4.79 Å². The summed E-state index contributed by atoms with van der Waals surface area (Å²) in [5, 5.41) is 9.15. The van der Waals surface area contributed by atoms with Gasteiger partial charge in [0.05, 0.1) is 0 Å². The van der Waals surface area contributed by atoms with Crippen LogP contribution in [0.2, 0.25) is 0 Å². The van der Waals surface area contributed by atoms with Gasteiger partial charge in [0, 0.05) is 44.6 Å². The SMILES string of the molecule is COCCCNc1cc(Nc2cccc(NC(C)=O)c2)ncn1. The Bertz CT molecular complexity index is 648. The van der Waals surface area contributed by atoms with Crippen LogP contribution >= 0.6 is 0 Å². The lowest BCUT2D eigenvalue weighted by molar-refractivity contribution is -0.114. The summed E-state index contributed by atoms with van der Waals surface area (Å²) < 4.78 is 5.01. The molecule has 7 nitrogen and oxygen atoms in total. The molecule has 1 amide bonds. The van der Waals surface area contributed by atoms with Crippen molar-refractivity contribution in [3.8, 4) is 0 Å². The van der Waals surface area contributed by atoms with E-state index >= 15 is 0 Å². The summed E-state index contributed by atoms with van der Waals surface area (Å²) >= 11 is 0. The molecule has 0 radical (unpaired) electrons. The Hall–Kier alpha value is -2.67. The first-order valence-electron chi connectivity index (χ1n) is 7.37. The van der Waals surface area contributed by atoms with Crippen molar-refractivity contribution in [3.63, 3.8) is 0 Å². The van der Waals surface area contributed by atoms with Crippen molar-refractivity contribution >= 4 is 28.9 Å². The molecule has 1 aromatic heterocycles. The molecule has 0 aliphatic carbocycles. The van der Waals surface area contributed by atoms with E-state index in [1.54, 1.807) is 7.11 Å². The fraction of sp³-hybridized carbons (Fsp3) is 0.312. The molecule has 2 aromatic rings. The van der Waals surface area contributed by atoms with Crippen molar-refractivity contribution < 1.29 is 9.53 Å². The molecule has 2 rings (SSSR count). The molecular formula is C16H21N5O2. The molecule has 122 valence electrons. The lowest BCUT2D eigenvalue weighted by atomic mass is 10.2. The summed E-state index contributed by atoms with van der Waals surface area (Å²) in [6.45, 7) is 2.97. The topological polar surface area (TPSA) is 88.2 Å². The number of rotatable bonds is 8. The quantitative estimate of drug-likeness (QED) is 0.649. The van der Waals surface area contributed by atoms with E-state index in [0.29, 0.717) is 12.4 Å². The van der Waals surface area contributed by atoms with Crippen molar-refractivity contribution in [2.75, 3.05) is 36.2 Å². The van der Waals surface area contributed by atoms with Gasteiger partial charge in [0.2, 0.25) is 5.91 Å². The minimum atomic E-state index is -0.105. The third-order valence-electron chi connectivity index (χ3n) is 2.95. The summed E-state index contributed by atoms with van der Waals surface area (Å²) in [4.78, 5) is 19.5. The van der Waals surface area contributed by atoms with E-state index in [1.165, 1.54) is 13.3 Å². The molecule has 0 saturated heterocycles. The van der Waals surface area contributed by atoms with Gasteiger partial charge in [-0.05, 0) is 24.6 Å². The predicted octanol–water partition coefficient (Wildman–Crippen LogP) is 2.63. The number of nitrogens with zero attached hydrogens (tertiary/aromatic N) is 2. The van der Waals surface area contributed by atoms with Crippen molar-refractivity contribution in [1.29, 1.82) is 0 Å². The third-order valence-corrected chi connectivity index (χ3v) is 2.95. The van der Waals surface area contributed by atoms with Crippen LogP contribution in [0.1, 0.15) is 13.3 Å². The zero-order chi connectivity index (χ0) is 16.5. The largest absolute Gasteiger partial charge is 0.385 e. The van der Waals surface area contributed by atoms with Crippen molar-refractivity contribution in [3.05, 3.63) is 36.7 Å². The van der Waals surface area contributed by atoms with Gasteiger partial charge in [-0.25, -0.2) is 9.97 Å². The summed E-state index contributed by atoms with van der Waals surface area (Å²) in [5.41, 5.74) is 1.56. The number of carbonyl (C=O) groups excluding carboxylic acids is 1. The van der Waals surface area contributed by atoms with Gasteiger partial charge in [-0.1, -0.05) is 6.07 Å². The third kappa shape index (κ3) is 5.91. The number of nitrogens with one attached hydrogen (secondary N) is 3. The van der Waals surface area contributed by atoms with Gasteiger partial charge in [0.1, 0.15) is 18.0 Å². The highest BCUT2D eigenvalue weighted by Gasteiger charge is 2.01. The second-order valence-corrected chi connectivity index (χ2v) is 4.95. The molecule has 1 aromatic carbocycles. The molecule has 0 aliphatic heterocycles. The molecular weight excluding hydrogens is 294 g/mol. The Labute approximate surface area is 135 Å². The van der Waals surface area contributed by atoms with E-state index in [1.807, 2.05) is 30.3 Å². The molecule has 23 heavy (non-hydrogen) atoms. The fourth-order valence-corrected chi connectivity index (χ4v) is 1.98. The summed E-state index contributed by atoms with van der Waals surface area (Å²) in [6.07, 6.45) is 2.40. The highest BCUT2D eigenvalue weighted by Crippen LogP contribution is 2.19. The molecule has 0 spiro atoms. The predicted molar refractivity (Wildman–Crippen MR) is 91.0 cm³/mol. The summed E-state index contributed by atoms with van der Waals surface area (Å²) in [5.74, 6) is 1.32. The Morgan fingerprint density at radius 1 is 1.17 bits per heavy atom. The molecule has 0 aliphatic rings. The average Bonchev–Trinajstić information content (AvgIpc) is 2.52. The molecule has 0 unspecified atom stereocenters. The van der Waals surface area contributed by atoms with E-state index in [9.17, 15) is 4.79 Å². The van der Waals surface area contributed by atoms with Gasteiger partial charge in [0.15, 0.2) is 0 Å². The van der Waals surface area contributed by atoms with E-state index in [0.717, 1.165) is 30.2 Å². The molecule has 1 heterocycles. The number of benzene rings is 1. The molecule has 0 saturated carbocycles. The molecule has 3 N–H and O–H groups in total. The van der Waals surface area contributed by atoms with E-state index in [4.69, 9.17) is 4.74 Å². The van der Waals surface area contributed by atoms with Crippen LogP contribution in [-0.2, 0) is 9.53 Å². The second kappa shape index (κ2) is 8.70. The number of carbonyl (C=O) groups is 1. The van der Waals surface area contributed by atoms with E-state index in [2.05, 4.69) is 25.9 Å². The molecule has 0 fully saturated rings. The van der Waals surface area contributed by atoms with Gasteiger partial charge in [-0.2, -0.15) is 0 Å². The standard InChI is InChI=1S/C16H21N5O2/c1-12(22)20-13-5-3-6-14(9-13)21-16-10-15(18-11-19-16)17-7-4-8-23-2/h3,5-6,9-11H,4,7-8H2,1-2H3,(H,20,22)(H2,17,18,19,21). The minimum absolute atomic E-state index is 0.105. The van der Waals surface area contributed by atoms with Crippen LogP contribution in [0.25, 0.3) is 0 Å². The second-order valence-electron chi connectivity index (χ2n) is 4.95. The smallest absolute Gasteiger partial charge is 0.221 e. The number of amides is 1. The van der Waals surface area contributed by atoms with Gasteiger partial charge in [-0.15, -0.1) is 0 Å². The first-order chi connectivity index (χ1) is 11.2. The Balaban J connectivity index is 1.98. The summed E-state index contributed by atoms with van der Waals surface area (Å²) in [6, 6.07) is 9.26. The first-order valence-corrected chi connectivity index (χ1v) is 7.37. The lowest BCUT2D eigenvalue weighted by Gasteiger charge is -2.10. The van der Waals surface area contributed by atoms with Crippen molar-refractivity contribution in [1.82, 2.24) is 9.97 Å². The lowest BCUT2D eigenvalue weighted by Crippen LogP contribution is -2.07. The van der Waals surface area contributed by atoms with Gasteiger partial charge in [0.25, 0.3) is 0 Å². The highest BCUT2D eigenvalue weighted by atomic mass is 16.5. The van der Waals surface area contributed by atoms with Crippen LogP contribution < -0.4 is 16.0 Å². The number of anilines is 4. The number of methoxy groups -OCH3 is 1. The van der Waals surface area contributed by atoms with E-state index < -0.39 is 0 Å². The molecule has 7 heteroatoms. The van der Waals surface area contributed by atoms with Crippen molar-refractivity contribution in [2.24, 2.45) is 0 Å². The zero-order valence-electron chi connectivity index (χ0n) is 13.3. The maximum atomic E-state index is 11.1. The number of ether oxygens (including phenoxy) is 1. The maximum absolute atomic E-state index is 11.1. The molecule has 0 bridgehead atoms. The zero-order valence-corrected chi connectivity index (χ0v) is 13.3. The van der Waals surface area contributed by atoms with Crippen LogP contribution in [0, 0.1) is 0 Å². The van der Waals surface area contributed by atoms with Crippen molar-refractivity contribution in [2.45, 2.75) is 13.3 Å². The fourth-order valence-electron chi connectivity index (χ4n) is 1.98. The minimum Gasteiger partial charge on any atom is -0.385 e. The van der Waals surface area contributed by atoms with Crippen LogP contribution in [0.3, 0.4) is 0 Å². The number of aromatic nitrogens is 2. The van der Waals surface area contributed by atoms with Crippen LogP contribution in [0.5, 0.6) is 0 Å². The van der Waals surface area contributed by atoms with Crippen LogP contribution in [0.15, 0.2) is 36.7 Å². The van der Waals surface area contributed by atoms with Gasteiger partial charge < -0.3 is 20.7 Å². The molecule has 0 atom stereocenters. The normalized spacial score (nSPS) is 10.2. The number of hydrogen-bond donors (Lipinski definition) is 3. The highest BCUT2D eigenvalue weighted by molar-refractivity contribution is 5.89. The Morgan fingerprint density at radius 2 is 1.96 bits per heavy atom. The first kappa shape index (κ1) is 16.7. The Morgan fingerprint density at radius 3 is 2.74 bits per heavy atom. The summed E-state index contributed by atoms with van der Waals surface area (Å²) in [7, 11) is 1.68.